The van der Waals surface area contributed by atoms with E-state index in [-0.39, 0.29) is 5.82 Å². The Balaban J connectivity index is 2.39. The number of anilines is 1. The lowest BCUT2D eigenvalue weighted by Gasteiger charge is -2.09. The summed E-state index contributed by atoms with van der Waals surface area (Å²) in [5, 5.41) is 12.8. The van der Waals surface area contributed by atoms with Crippen LogP contribution in [0.4, 0.5) is 10.3 Å². The van der Waals surface area contributed by atoms with Gasteiger partial charge in [0.25, 0.3) is 0 Å². The summed E-state index contributed by atoms with van der Waals surface area (Å²) in [7, 11) is 1.72. The molecule has 21 heavy (non-hydrogen) atoms. The maximum Gasteiger partial charge on any atom is 0.225 e. The molecule has 0 spiro atoms. The second kappa shape index (κ2) is 4.87. The molecule has 104 valence electrons. The first-order valence-electron chi connectivity index (χ1n) is 6.37. The first-order chi connectivity index (χ1) is 10.1. The zero-order valence-electron chi connectivity index (χ0n) is 11.5. The van der Waals surface area contributed by atoms with Crippen LogP contribution in [0, 0.1) is 24.1 Å². The van der Waals surface area contributed by atoms with Gasteiger partial charge in [0.15, 0.2) is 0 Å². The molecule has 0 aliphatic rings. The minimum atomic E-state index is -0.301. The molecule has 0 unspecified atom stereocenters. The first-order valence-corrected chi connectivity index (χ1v) is 6.37. The van der Waals surface area contributed by atoms with Gasteiger partial charge in [-0.1, -0.05) is 0 Å². The highest BCUT2D eigenvalue weighted by atomic mass is 19.1. The van der Waals surface area contributed by atoms with Gasteiger partial charge in [-0.2, -0.15) is 10.2 Å². The molecule has 2 aromatic heterocycles. The summed E-state index contributed by atoms with van der Waals surface area (Å²) in [6, 6.07) is 6.62. The van der Waals surface area contributed by atoms with E-state index in [0.29, 0.717) is 28.2 Å². The lowest BCUT2D eigenvalue weighted by molar-refractivity contribution is 0.627. The van der Waals surface area contributed by atoms with Crippen molar-refractivity contribution < 1.29 is 4.39 Å². The van der Waals surface area contributed by atoms with E-state index in [4.69, 9.17) is 0 Å². The Labute approximate surface area is 120 Å². The van der Waals surface area contributed by atoms with E-state index in [1.54, 1.807) is 19.3 Å². The molecule has 0 saturated carbocycles. The molecule has 0 fully saturated rings. The predicted molar refractivity (Wildman–Crippen MR) is 78.3 cm³/mol. The van der Waals surface area contributed by atoms with E-state index < -0.39 is 0 Å². The van der Waals surface area contributed by atoms with Gasteiger partial charge in [-0.15, -0.1) is 0 Å². The summed E-state index contributed by atoms with van der Waals surface area (Å²) in [6.07, 6.45) is 1.60. The molecule has 0 saturated heterocycles. The average molecular weight is 281 g/mol. The number of aryl methyl sites for hydroxylation is 1. The lowest BCUT2D eigenvalue weighted by Crippen LogP contribution is -2.00. The van der Waals surface area contributed by atoms with Crippen LogP contribution in [0.5, 0.6) is 0 Å². The normalized spacial score (nSPS) is 10.6. The van der Waals surface area contributed by atoms with E-state index in [0.717, 1.165) is 11.1 Å². The minimum Gasteiger partial charge on any atom is -0.357 e. The summed E-state index contributed by atoms with van der Waals surface area (Å²) in [4.78, 5) is 11.7. The van der Waals surface area contributed by atoms with Crippen molar-refractivity contribution in [2.24, 2.45) is 0 Å². The van der Waals surface area contributed by atoms with Gasteiger partial charge in [0, 0.05) is 18.8 Å². The number of aromatic nitrogens is 3. The first kappa shape index (κ1) is 13.1. The number of fused-ring (bicyclic) bond motifs is 1. The molecule has 1 aromatic carbocycles. The van der Waals surface area contributed by atoms with Crippen LogP contribution in [0.1, 0.15) is 11.1 Å². The monoisotopic (exact) mass is 281 g/mol. The van der Waals surface area contributed by atoms with Crippen LogP contribution in [0.15, 0.2) is 24.4 Å². The highest BCUT2D eigenvalue weighted by Gasteiger charge is 2.16. The van der Waals surface area contributed by atoms with Crippen LogP contribution in [0.2, 0.25) is 0 Å². The number of nitriles is 1. The Morgan fingerprint density at radius 3 is 2.81 bits per heavy atom. The predicted octanol–water partition coefficient (Wildman–Crippen LogP) is 2.99. The molecule has 3 rings (SSSR count). The molecule has 2 N–H and O–H groups in total. The van der Waals surface area contributed by atoms with E-state index in [9.17, 15) is 9.65 Å². The molecule has 0 atom stereocenters. The summed E-state index contributed by atoms with van der Waals surface area (Å²) < 4.78 is 13.3. The van der Waals surface area contributed by atoms with Gasteiger partial charge in [-0.05, 0) is 30.7 Å². The van der Waals surface area contributed by atoms with Crippen molar-refractivity contribution in [2.75, 3.05) is 12.4 Å². The van der Waals surface area contributed by atoms with Gasteiger partial charge in [-0.25, -0.2) is 9.37 Å². The van der Waals surface area contributed by atoms with E-state index in [2.05, 4.69) is 26.3 Å². The summed E-state index contributed by atoms with van der Waals surface area (Å²) in [5.41, 5.74) is 3.18. The number of hydrogen-bond donors (Lipinski definition) is 2. The van der Waals surface area contributed by atoms with Crippen LogP contribution in [-0.2, 0) is 0 Å². The Hall–Kier alpha value is -2.94. The number of benzene rings is 1. The number of nitrogens with zero attached hydrogens (tertiary/aromatic N) is 3. The number of halogens is 1. The van der Waals surface area contributed by atoms with Crippen molar-refractivity contribution in [1.82, 2.24) is 15.0 Å². The van der Waals surface area contributed by atoms with Crippen molar-refractivity contribution in [3.05, 3.63) is 41.3 Å². The minimum absolute atomic E-state index is 0.301. The number of rotatable bonds is 2. The SMILES string of the molecule is CNc1nc(-c2ccc(F)cc2C)c2c(C#N)c[nH]c2n1. The van der Waals surface area contributed by atoms with Crippen LogP contribution in [-0.4, -0.2) is 22.0 Å². The molecule has 0 amide bonds. The zero-order valence-corrected chi connectivity index (χ0v) is 11.5. The number of nitrogens with one attached hydrogen (secondary N) is 2. The highest BCUT2D eigenvalue weighted by molar-refractivity contribution is 5.96. The molecule has 3 aromatic rings. The van der Waals surface area contributed by atoms with Crippen LogP contribution in [0.3, 0.4) is 0 Å². The van der Waals surface area contributed by atoms with Gasteiger partial charge in [0.2, 0.25) is 5.95 Å². The average Bonchev–Trinajstić information content (AvgIpc) is 2.89. The van der Waals surface area contributed by atoms with Crippen molar-refractivity contribution >= 4 is 17.0 Å². The second-order valence-corrected chi connectivity index (χ2v) is 4.64. The third-order valence-electron chi connectivity index (χ3n) is 3.32. The third-order valence-corrected chi connectivity index (χ3v) is 3.32. The zero-order chi connectivity index (χ0) is 15.0. The standard InChI is InChI=1S/C15H12FN5/c1-8-5-10(16)3-4-11(8)13-12-9(6-17)7-19-14(12)21-15(18-2)20-13/h3-5,7H,1-2H3,(H2,18,19,20,21). The smallest absolute Gasteiger partial charge is 0.225 e. The molecule has 6 heteroatoms. The Bertz CT molecular complexity index is 876. The molecule has 5 nitrogen and oxygen atoms in total. The van der Waals surface area contributed by atoms with E-state index >= 15 is 0 Å². The summed E-state index contributed by atoms with van der Waals surface area (Å²) in [6.45, 7) is 1.81. The fraction of sp³-hybridized carbons (Fsp3) is 0.133. The number of H-pyrrole nitrogens is 1. The molecule has 0 bridgehead atoms. The largest absolute Gasteiger partial charge is 0.357 e. The maximum absolute atomic E-state index is 13.3. The van der Waals surface area contributed by atoms with E-state index in [1.807, 2.05) is 6.92 Å². The Morgan fingerprint density at radius 2 is 2.14 bits per heavy atom. The number of aromatic amines is 1. The topological polar surface area (TPSA) is 77.4 Å². The molecule has 0 radical (unpaired) electrons. The van der Waals surface area contributed by atoms with Crippen molar-refractivity contribution in [3.63, 3.8) is 0 Å². The molecular weight excluding hydrogens is 269 g/mol. The van der Waals surface area contributed by atoms with Gasteiger partial charge in [0.1, 0.15) is 17.5 Å². The van der Waals surface area contributed by atoms with Gasteiger partial charge in [-0.3, -0.25) is 0 Å². The Morgan fingerprint density at radius 1 is 1.33 bits per heavy atom. The fourth-order valence-electron chi connectivity index (χ4n) is 2.32. The highest BCUT2D eigenvalue weighted by Crippen LogP contribution is 2.31. The van der Waals surface area contributed by atoms with Gasteiger partial charge >= 0.3 is 0 Å². The third kappa shape index (κ3) is 2.09. The van der Waals surface area contributed by atoms with Crippen LogP contribution in [0.25, 0.3) is 22.3 Å². The van der Waals surface area contributed by atoms with Crippen molar-refractivity contribution in [3.8, 4) is 17.3 Å². The summed E-state index contributed by atoms with van der Waals surface area (Å²) >= 11 is 0. The number of hydrogen-bond acceptors (Lipinski definition) is 4. The molecule has 0 aliphatic carbocycles. The van der Waals surface area contributed by atoms with Gasteiger partial charge < -0.3 is 10.3 Å². The Kier molecular flexibility index (Phi) is 3.03. The van der Waals surface area contributed by atoms with Crippen molar-refractivity contribution in [1.29, 1.82) is 5.26 Å². The van der Waals surface area contributed by atoms with Crippen molar-refractivity contribution in [2.45, 2.75) is 6.92 Å². The quantitative estimate of drug-likeness (QED) is 0.757. The van der Waals surface area contributed by atoms with Gasteiger partial charge in [0.05, 0.1) is 16.6 Å². The maximum atomic E-state index is 13.3. The molecular formula is C15H12FN5. The second-order valence-electron chi connectivity index (χ2n) is 4.64. The molecule has 2 heterocycles. The summed E-state index contributed by atoms with van der Waals surface area (Å²) in [5.74, 6) is 0.137. The fourth-order valence-corrected chi connectivity index (χ4v) is 2.32. The van der Waals surface area contributed by atoms with E-state index in [1.165, 1.54) is 12.1 Å². The van der Waals surface area contributed by atoms with Crippen LogP contribution < -0.4 is 5.32 Å². The lowest BCUT2D eigenvalue weighted by atomic mass is 10.0. The molecule has 0 aliphatic heterocycles. The van der Waals surface area contributed by atoms with Crippen LogP contribution >= 0.6 is 0 Å².